The molecule has 0 aromatic heterocycles. The van der Waals surface area contributed by atoms with Crippen molar-refractivity contribution >= 4 is 40.9 Å². The molecule has 9 heteroatoms. The molecule has 0 fully saturated rings. The number of halogens is 2. The van der Waals surface area contributed by atoms with Gasteiger partial charge in [0, 0.05) is 5.56 Å². The van der Waals surface area contributed by atoms with Gasteiger partial charge in [-0.25, -0.2) is 4.79 Å². The summed E-state index contributed by atoms with van der Waals surface area (Å²) in [5.41, 5.74) is 0.538. The number of aliphatic hydroxyl groups excluding tert-OH is 1. The summed E-state index contributed by atoms with van der Waals surface area (Å²) in [7, 11) is 0. The molecule has 0 spiro atoms. The highest BCUT2D eigenvalue weighted by atomic mass is 35.5. The number of amides is 1. The van der Waals surface area contributed by atoms with E-state index in [-0.39, 0.29) is 27.1 Å². The van der Waals surface area contributed by atoms with Crippen LogP contribution in [0.5, 0.6) is 5.75 Å². The number of nitrogens with one attached hydrogen (secondary N) is 1. The molecule has 1 atom stereocenters. The van der Waals surface area contributed by atoms with Crippen LogP contribution in [0.25, 0.3) is 0 Å². The number of aliphatic carboxylic acids is 1. The molecule has 1 aromatic rings. The molecule has 1 unspecified atom stereocenters. The van der Waals surface area contributed by atoms with Gasteiger partial charge in [0.15, 0.2) is 12.4 Å². The maximum absolute atomic E-state index is 12.1. The van der Waals surface area contributed by atoms with Crippen LogP contribution in [-0.4, -0.2) is 47.1 Å². The first-order valence-electron chi connectivity index (χ1n) is 7.19. The molecule has 0 heterocycles. The molecule has 0 radical (unpaired) electrons. The van der Waals surface area contributed by atoms with Crippen molar-refractivity contribution in [3.63, 3.8) is 0 Å². The molecule has 7 nitrogen and oxygen atoms in total. The standard InChI is InChI=1S/C16H17Cl2NO6/c1-3-8(2)15(22)9-4-5-11(14(18)13(9)17)25-7-12(21)19-10(6-20)16(23)24/h4-5,10,20H,2-3,6-7H2,1H3,(H,19,21)(H,23,24). The molecular formula is C16H17Cl2NO6. The number of ether oxygens (including phenoxy) is 1. The van der Waals surface area contributed by atoms with E-state index in [0.717, 1.165) is 0 Å². The van der Waals surface area contributed by atoms with Crippen molar-refractivity contribution in [1.82, 2.24) is 5.32 Å². The molecule has 25 heavy (non-hydrogen) atoms. The maximum Gasteiger partial charge on any atom is 0.328 e. The number of carboxylic acids is 1. The number of carbonyl (C=O) groups is 3. The summed E-state index contributed by atoms with van der Waals surface area (Å²) in [6.07, 6.45) is 0.459. The minimum Gasteiger partial charge on any atom is -0.482 e. The lowest BCUT2D eigenvalue weighted by molar-refractivity contribution is -0.143. The molecule has 3 N–H and O–H groups in total. The molecular weight excluding hydrogens is 373 g/mol. The Labute approximate surface area is 154 Å². The Kier molecular flexibility index (Phi) is 7.89. The van der Waals surface area contributed by atoms with Crippen molar-refractivity contribution in [2.75, 3.05) is 13.2 Å². The smallest absolute Gasteiger partial charge is 0.328 e. The number of aliphatic hydroxyl groups is 1. The third-order valence-electron chi connectivity index (χ3n) is 3.21. The van der Waals surface area contributed by atoms with Crippen molar-refractivity contribution in [2.45, 2.75) is 19.4 Å². The van der Waals surface area contributed by atoms with Crippen LogP contribution in [0.4, 0.5) is 0 Å². The molecule has 136 valence electrons. The lowest BCUT2D eigenvalue weighted by Gasteiger charge is -2.14. The Morgan fingerprint density at radius 1 is 1.28 bits per heavy atom. The fraction of sp³-hybridized carbons (Fsp3) is 0.312. The van der Waals surface area contributed by atoms with Crippen molar-refractivity contribution in [1.29, 1.82) is 0 Å². The molecule has 1 amide bonds. The summed E-state index contributed by atoms with van der Waals surface area (Å²) in [5.74, 6) is -2.44. The Morgan fingerprint density at radius 2 is 1.92 bits per heavy atom. The molecule has 0 aliphatic carbocycles. The lowest BCUT2D eigenvalue weighted by Crippen LogP contribution is -2.45. The van der Waals surface area contributed by atoms with Gasteiger partial charge in [-0.3, -0.25) is 9.59 Å². The predicted octanol–water partition coefficient (Wildman–Crippen LogP) is 2.08. The fourth-order valence-electron chi connectivity index (χ4n) is 1.73. The first-order valence-corrected chi connectivity index (χ1v) is 7.94. The van der Waals surface area contributed by atoms with E-state index in [2.05, 4.69) is 11.9 Å². The van der Waals surface area contributed by atoms with E-state index in [1.54, 1.807) is 6.92 Å². The Morgan fingerprint density at radius 3 is 2.44 bits per heavy atom. The number of carbonyl (C=O) groups excluding carboxylic acids is 2. The summed E-state index contributed by atoms with van der Waals surface area (Å²) in [6.45, 7) is 4.12. The van der Waals surface area contributed by atoms with Crippen LogP contribution in [-0.2, 0) is 9.59 Å². The largest absolute Gasteiger partial charge is 0.482 e. The van der Waals surface area contributed by atoms with E-state index < -0.39 is 31.1 Å². The zero-order chi connectivity index (χ0) is 19.1. The average molecular weight is 390 g/mol. The van der Waals surface area contributed by atoms with Crippen LogP contribution in [0.2, 0.25) is 10.0 Å². The number of benzene rings is 1. The maximum atomic E-state index is 12.1. The quantitative estimate of drug-likeness (QED) is 0.440. The average Bonchev–Trinajstić information content (AvgIpc) is 2.59. The Bertz CT molecular complexity index is 704. The second-order valence-electron chi connectivity index (χ2n) is 4.96. The van der Waals surface area contributed by atoms with Crippen molar-refractivity contribution in [3.05, 3.63) is 39.9 Å². The van der Waals surface area contributed by atoms with E-state index in [0.29, 0.717) is 12.0 Å². The highest BCUT2D eigenvalue weighted by molar-refractivity contribution is 6.45. The molecule has 0 aliphatic rings. The number of ketones is 1. The minimum absolute atomic E-state index is 0.0297. The summed E-state index contributed by atoms with van der Waals surface area (Å²) in [6, 6.07) is 1.34. The van der Waals surface area contributed by atoms with Crippen LogP contribution in [0.1, 0.15) is 23.7 Å². The minimum atomic E-state index is -1.43. The van der Waals surface area contributed by atoms with Gasteiger partial charge in [0.05, 0.1) is 11.6 Å². The Hall–Kier alpha value is -2.09. The lowest BCUT2D eigenvalue weighted by atomic mass is 10.0. The van der Waals surface area contributed by atoms with Gasteiger partial charge >= 0.3 is 5.97 Å². The number of Topliss-reactive ketones (excluding diaryl/α,β-unsaturated/α-hetero) is 1. The molecule has 0 saturated carbocycles. The van der Waals surface area contributed by atoms with Crippen molar-refractivity contribution < 1.29 is 29.3 Å². The topological polar surface area (TPSA) is 113 Å². The fourth-order valence-corrected chi connectivity index (χ4v) is 2.20. The van der Waals surface area contributed by atoms with Gasteiger partial charge in [0.2, 0.25) is 0 Å². The zero-order valence-corrected chi connectivity index (χ0v) is 14.9. The third kappa shape index (κ3) is 5.45. The number of allylic oxidation sites excluding steroid dienone is 1. The molecule has 0 saturated heterocycles. The predicted molar refractivity (Wildman–Crippen MR) is 92.4 cm³/mol. The molecule has 1 aromatic carbocycles. The summed E-state index contributed by atoms with van der Waals surface area (Å²) < 4.78 is 5.19. The van der Waals surface area contributed by atoms with Crippen molar-refractivity contribution in [3.8, 4) is 5.75 Å². The van der Waals surface area contributed by atoms with Gasteiger partial charge in [-0.1, -0.05) is 36.7 Å². The SMILES string of the molecule is C=C(CC)C(=O)c1ccc(OCC(=O)NC(CO)C(=O)O)c(Cl)c1Cl. The van der Waals surface area contributed by atoms with Gasteiger partial charge < -0.3 is 20.3 Å². The number of rotatable bonds is 9. The van der Waals surface area contributed by atoms with Crippen LogP contribution in [0, 0.1) is 0 Å². The van der Waals surface area contributed by atoms with Gasteiger partial charge in [0.1, 0.15) is 16.8 Å². The van der Waals surface area contributed by atoms with Gasteiger partial charge in [-0.05, 0) is 24.1 Å². The van der Waals surface area contributed by atoms with E-state index in [4.69, 9.17) is 38.2 Å². The van der Waals surface area contributed by atoms with Crippen LogP contribution in [0.3, 0.4) is 0 Å². The summed E-state index contributed by atoms with van der Waals surface area (Å²) >= 11 is 12.1. The highest BCUT2D eigenvalue weighted by Gasteiger charge is 2.21. The highest BCUT2D eigenvalue weighted by Crippen LogP contribution is 2.35. The van der Waals surface area contributed by atoms with E-state index in [1.807, 2.05) is 0 Å². The second-order valence-corrected chi connectivity index (χ2v) is 5.71. The Balaban J connectivity index is 2.83. The zero-order valence-electron chi connectivity index (χ0n) is 13.3. The summed E-state index contributed by atoms with van der Waals surface area (Å²) in [4.78, 5) is 34.5. The van der Waals surface area contributed by atoms with Crippen molar-refractivity contribution in [2.24, 2.45) is 0 Å². The molecule has 1 rings (SSSR count). The molecule has 0 bridgehead atoms. The van der Waals surface area contributed by atoms with Gasteiger partial charge in [0.25, 0.3) is 5.91 Å². The van der Waals surface area contributed by atoms with Gasteiger partial charge in [-0.15, -0.1) is 0 Å². The molecule has 0 aliphatic heterocycles. The monoisotopic (exact) mass is 389 g/mol. The van der Waals surface area contributed by atoms with E-state index in [9.17, 15) is 14.4 Å². The summed E-state index contributed by atoms with van der Waals surface area (Å²) in [5, 5.41) is 19.6. The first kappa shape index (κ1) is 21.0. The number of hydrogen-bond donors (Lipinski definition) is 3. The normalized spacial score (nSPS) is 11.5. The van der Waals surface area contributed by atoms with Crippen LogP contribution in [0.15, 0.2) is 24.3 Å². The van der Waals surface area contributed by atoms with Crippen LogP contribution < -0.4 is 10.1 Å². The van der Waals surface area contributed by atoms with E-state index in [1.165, 1.54) is 12.1 Å². The van der Waals surface area contributed by atoms with E-state index >= 15 is 0 Å². The number of carboxylic acid groups (broad SMARTS) is 1. The third-order valence-corrected chi connectivity index (χ3v) is 4.08. The number of hydrogen-bond acceptors (Lipinski definition) is 5. The van der Waals surface area contributed by atoms with Gasteiger partial charge in [-0.2, -0.15) is 0 Å². The first-order chi connectivity index (χ1) is 11.7. The van der Waals surface area contributed by atoms with Crippen LogP contribution >= 0.6 is 23.2 Å². The second kappa shape index (κ2) is 9.41.